The van der Waals surface area contributed by atoms with Gasteiger partial charge in [-0.2, -0.15) is 0 Å². The van der Waals surface area contributed by atoms with E-state index < -0.39 is 36.7 Å². The number of esters is 1. The summed E-state index contributed by atoms with van der Waals surface area (Å²) in [6.07, 6.45) is -4.36. The summed E-state index contributed by atoms with van der Waals surface area (Å²) >= 11 is 0. The molecule has 2 aliphatic rings. The molecule has 2 fully saturated rings. The smallest absolute Gasteiger partial charge is 0.338 e. The van der Waals surface area contributed by atoms with E-state index in [-0.39, 0.29) is 6.61 Å². The van der Waals surface area contributed by atoms with Crippen LogP contribution in [-0.4, -0.2) is 47.2 Å². The molecule has 1 aromatic rings. The molecule has 2 N–H and O–H groups in total. The summed E-state index contributed by atoms with van der Waals surface area (Å²) in [4.78, 5) is 11.4. The van der Waals surface area contributed by atoms with Crippen LogP contribution in [-0.2, 0) is 19.0 Å². The van der Waals surface area contributed by atoms with Gasteiger partial charge >= 0.3 is 5.97 Å². The van der Waals surface area contributed by atoms with Crippen molar-refractivity contribution in [2.45, 2.75) is 30.7 Å². The number of ether oxygens (including phenoxy) is 3. The van der Waals surface area contributed by atoms with Crippen LogP contribution >= 0.6 is 0 Å². The van der Waals surface area contributed by atoms with E-state index in [0.717, 1.165) is 5.56 Å². The zero-order valence-electron chi connectivity index (χ0n) is 10.0. The third kappa shape index (κ3) is 2.12. The number of benzene rings is 1. The van der Waals surface area contributed by atoms with Gasteiger partial charge in [0, 0.05) is 5.56 Å². The maximum atomic E-state index is 11.4. The summed E-state index contributed by atoms with van der Waals surface area (Å²) in [5, 5.41) is 19.1. The van der Waals surface area contributed by atoms with Crippen LogP contribution in [0.25, 0.3) is 0 Å². The monoisotopic (exact) mass is 266 g/mol. The van der Waals surface area contributed by atoms with Crippen molar-refractivity contribution in [2.24, 2.45) is 0 Å². The van der Waals surface area contributed by atoms with Crippen molar-refractivity contribution in [1.82, 2.24) is 0 Å². The van der Waals surface area contributed by atoms with Crippen LogP contribution in [0.2, 0.25) is 0 Å². The molecule has 2 unspecified atom stereocenters. The maximum absolute atomic E-state index is 11.4. The fraction of sp³-hybridized carbons (Fsp3) is 0.462. The van der Waals surface area contributed by atoms with E-state index in [1.807, 2.05) is 30.3 Å². The molecular formula is C13H14O6. The Balaban J connectivity index is 1.85. The Hall–Kier alpha value is -1.47. The molecule has 0 radical (unpaired) electrons. The Labute approximate surface area is 109 Å². The summed E-state index contributed by atoms with van der Waals surface area (Å²) < 4.78 is 16.1. The van der Waals surface area contributed by atoms with Crippen molar-refractivity contribution < 1.29 is 29.2 Å². The van der Waals surface area contributed by atoms with Crippen LogP contribution in [0.5, 0.6) is 0 Å². The highest BCUT2D eigenvalue weighted by atomic mass is 16.7. The predicted molar refractivity (Wildman–Crippen MR) is 61.9 cm³/mol. The minimum absolute atomic E-state index is 0.312. The number of hydrogen-bond acceptors (Lipinski definition) is 6. The molecule has 1 aromatic carbocycles. The molecule has 3 rings (SSSR count). The van der Waals surface area contributed by atoms with Gasteiger partial charge in [0.1, 0.15) is 12.2 Å². The molecular weight excluding hydrogens is 252 g/mol. The SMILES string of the molecule is O=C1OC2[C@@H](OC(c3ccccc3)O[C@@H]2CO)[C@H]1O. The molecule has 2 aliphatic heterocycles. The Morgan fingerprint density at radius 3 is 2.53 bits per heavy atom. The molecule has 0 spiro atoms. The van der Waals surface area contributed by atoms with Gasteiger partial charge in [0.25, 0.3) is 0 Å². The number of aliphatic hydroxyl groups is 2. The van der Waals surface area contributed by atoms with Crippen LogP contribution in [0, 0.1) is 0 Å². The van der Waals surface area contributed by atoms with Crippen LogP contribution in [0.15, 0.2) is 30.3 Å². The minimum atomic E-state index is -1.34. The second-order valence-corrected chi connectivity index (χ2v) is 4.55. The quantitative estimate of drug-likeness (QED) is 0.718. The molecule has 6 nitrogen and oxygen atoms in total. The number of aliphatic hydroxyl groups excluding tert-OH is 2. The highest BCUT2D eigenvalue weighted by Crippen LogP contribution is 2.36. The first-order chi connectivity index (χ1) is 9.20. The Kier molecular flexibility index (Phi) is 3.24. The molecule has 0 bridgehead atoms. The molecule has 0 saturated carbocycles. The van der Waals surface area contributed by atoms with E-state index in [9.17, 15) is 15.0 Å². The molecule has 0 aliphatic carbocycles. The third-order valence-electron chi connectivity index (χ3n) is 3.33. The van der Waals surface area contributed by atoms with Crippen molar-refractivity contribution in [1.29, 1.82) is 0 Å². The lowest BCUT2D eigenvalue weighted by atomic mass is 10.0. The summed E-state index contributed by atoms with van der Waals surface area (Å²) in [7, 11) is 0. The van der Waals surface area contributed by atoms with E-state index in [2.05, 4.69) is 0 Å². The van der Waals surface area contributed by atoms with E-state index >= 15 is 0 Å². The van der Waals surface area contributed by atoms with Gasteiger partial charge in [-0.1, -0.05) is 30.3 Å². The predicted octanol–water partition coefficient (Wildman–Crippen LogP) is -0.252. The molecule has 6 heteroatoms. The van der Waals surface area contributed by atoms with Gasteiger partial charge in [0.05, 0.1) is 6.61 Å². The highest BCUT2D eigenvalue weighted by molar-refractivity contribution is 5.78. The zero-order chi connectivity index (χ0) is 13.4. The number of rotatable bonds is 2. The lowest BCUT2D eigenvalue weighted by molar-refractivity contribution is -0.288. The largest absolute Gasteiger partial charge is 0.455 e. The summed E-state index contributed by atoms with van der Waals surface area (Å²) in [5.74, 6) is -0.745. The van der Waals surface area contributed by atoms with Crippen LogP contribution in [0.4, 0.5) is 0 Å². The van der Waals surface area contributed by atoms with E-state index in [4.69, 9.17) is 14.2 Å². The van der Waals surface area contributed by atoms with Gasteiger partial charge in [-0.15, -0.1) is 0 Å². The maximum Gasteiger partial charge on any atom is 0.338 e. The summed E-state index contributed by atoms with van der Waals surface area (Å²) in [6, 6.07) is 9.13. The van der Waals surface area contributed by atoms with Gasteiger partial charge < -0.3 is 24.4 Å². The second-order valence-electron chi connectivity index (χ2n) is 4.55. The zero-order valence-corrected chi connectivity index (χ0v) is 10.0. The standard InChI is InChI=1S/C13H14O6/c14-6-8-10-11(9(15)12(16)18-10)19-13(17-8)7-4-2-1-3-5-7/h1-5,8-11,13-15H,6H2/t8-,9-,10?,11+,13?/m1/s1. The third-order valence-corrected chi connectivity index (χ3v) is 3.33. The Morgan fingerprint density at radius 1 is 1.11 bits per heavy atom. The van der Waals surface area contributed by atoms with Crippen LogP contribution in [0.1, 0.15) is 11.9 Å². The topological polar surface area (TPSA) is 85.2 Å². The van der Waals surface area contributed by atoms with Crippen LogP contribution in [0.3, 0.4) is 0 Å². The second kappa shape index (κ2) is 4.90. The van der Waals surface area contributed by atoms with Crippen molar-refractivity contribution in [2.75, 3.05) is 6.61 Å². The molecule has 5 atom stereocenters. The van der Waals surface area contributed by atoms with Crippen molar-refractivity contribution in [3.8, 4) is 0 Å². The highest BCUT2D eigenvalue weighted by Gasteiger charge is 2.53. The van der Waals surface area contributed by atoms with Gasteiger partial charge in [-0.25, -0.2) is 4.79 Å². The van der Waals surface area contributed by atoms with Crippen molar-refractivity contribution >= 4 is 5.97 Å². The average Bonchev–Trinajstić information content (AvgIpc) is 2.75. The molecule has 0 aromatic heterocycles. The molecule has 19 heavy (non-hydrogen) atoms. The average molecular weight is 266 g/mol. The lowest BCUT2D eigenvalue weighted by Gasteiger charge is -2.37. The first kappa shape index (κ1) is 12.6. The van der Waals surface area contributed by atoms with Gasteiger partial charge in [0.2, 0.25) is 0 Å². The van der Waals surface area contributed by atoms with E-state index in [1.165, 1.54) is 0 Å². The molecule has 2 heterocycles. The fourth-order valence-electron chi connectivity index (χ4n) is 2.35. The minimum Gasteiger partial charge on any atom is -0.455 e. The number of fused-ring (bicyclic) bond motifs is 1. The first-order valence-electron chi connectivity index (χ1n) is 6.06. The molecule has 0 amide bonds. The Morgan fingerprint density at radius 2 is 1.84 bits per heavy atom. The van der Waals surface area contributed by atoms with Gasteiger partial charge in [-0.05, 0) is 0 Å². The number of hydrogen-bond donors (Lipinski definition) is 2. The van der Waals surface area contributed by atoms with Gasteiger partial charge in [-0.3, -0.25) is 0 Å². The molecule has 102 valence electrons. The lowest BCUT2D eigenvalue weighted by Crippen LogP contribution is -2.49. The van der Waals surface area contributed by atoms with Gasteiger partial charge in [0.15, 0.2) is 18.5 Å². The van der Waals surface area contributed by atoms with E-state index in [0.29, 0.717) is 0 Å². The van der Waals surface area contributed by atoms with Crippen LogP contribution < -0.4 is 0 Å². The van der Waals surface area contributed by atoms with E-state index in [1.54, 1.807) is 0 Å². The fourth-order valence-corrected chi connectivity index (χ4v) is 2.35. The summed E-state index contributed by atoms with van der Waals surface area (Å²) in [5.41, 5.74) is 0.756. The van der Waals surface area contributed by atoms with Crippen molar-refractivity contribution in [3.63, 3.8) is 0 Å². The first-order valence-corrected chi connectivity index (χ1v) is 6.06. The number of carbonyl (C=O) groups excluding carboxylic acids is 1. The van der Waals surface area contributed by atoms with Crippen molar-refractivity contribution in [3.05, 3.63) is 35.9 Å². The Bertz CT molecular complexity index is 461. The summed E-state index contributed by atoms with van der Waals surface area (Å²) in [6.45, 7) is -0.312. The molecule has 2 saturated heterocycles. The normalized spacial score (nSPS) is 37.8. The number of carbonyl (C=O) groups is 1.